The molecule has 0 unspecified atom stereocenters. The molecule has 1 aromatic rings. The monoisotopic (exact) mass is 275 g/mol. The van der Waals surface area contributed by atoms with E-state index in [0.717, 1.165) is 37.1 Å². The zero-order chi connectivity index (χ0) is 14.5. The predicted octanol–water partition coefficient (Wildman–Crippen LogP) is 2.71. The molecule has 1 aliphatic heterocycles. The van der Waals surface area contributed by atoms with Crippen LogP contribution < -0.4 is 4.90 Å². The lowest BCUT2D eigenvalue weighted by atomic mass is 10.0. The number of methoxy groups -OCH3 is 1. The van der Waals surface area contributed by atoms with Crippen LogP contribution in [0.4, 0.5) is 5.69 Å². The lowest BCUT2D eigenvalue weighted by Gasteiger charge is -2.33. The minimum atomic E-state index is -0.921. The van der Waals surface area contributed by atoms with E-state index >= 15 is 0 Å². The van der Waals surface area contributed by atoms with Gasteiger partial charge in [0.15, 0.2) is 0 Å². The number of carboxylic acid groups (broad SMARTS) is 1. The highest BCUT2D eigenvalue weighted by atomic mass is 16.5. The third kappa shape index (κ3) is 3.61. The number of aryl methyl sites for hydroxylation is 1. The number of hydrogen-bond acceptors (Lipinski definition) is 3. The molecule has 4 nitrogen and oxygen atoms in total. The van der Waals surface area contributed by atoms with Gasteiger partial charge in [-0.05, 0) is 49.1 Å². The highest BCUT2D eigenvalue weighted by molar-refractivity contribution is 5.85. The van der Waals surface area contributed by atoms with Gasteiger partial charge in [0.25, 0.3) is 0 Å². The van der Waals surface area contributed by atoms with Crippen LogP contribution in [0, 0.1) is 6.92 Å². The third-order valence-electron chi connectivity index (χ3n) is 3.80. The molecule has 20 heavy (non-hydrogen) atoms. The van der Waals surface area contributed by atoms with Gasteiger partial charge in [0.05, 0.1) is 6.10 Å². The third-order valence-corrected chi connectivity index (χ3v) is 3.80. The van der Waals surface area contributed by atoms with Crippen LogP contribution in [0.1, 0.15) is 24.0 Å². The summed E-state index contributed by atoms with van der Waals surface area (Å²) in [6.45, 7) is 4.01. The molecule has 0 atom stereocenters. The Labute approximate surface area is 119 Å². The largest absolute Gasteiger partial charge is 0.478 e. The Morgan fingerprint density at radius 1 is 1.40 bits per heavy atom. The van der Waals surface area contributed by atoms with Crippen molar-refractivity contribution in [2.75, 3.05) is 25.1 Å². The quantitative estimate of drug-likeness (QED) is 0.858. The van der Waals surface area contributed by atoms with E-state index in [1.165, 1.54) is 11.8 Å². The van der Waals surface area contributed by atoms with Gasteiger partial charge in [0, 0.05) is 32.0 Å². The SMILES string of the molecule is COC1CCN(c2ccc(C=CC(=O)O)c(C)c2)CC1. The minimum absolute atomic E-state index is 0.380. The summed E-state index contributed by atoms with van der Waals surface area (Å²) < 4.78 is 5.38. The number of benzene rings is 1. The first-order valence-electron chi connectivity index (χ1n) is 6.89. The molecular weight excluding hydrogens is 254 g/mol. The topological polar surface area (TPSA) is 49.8 Å². The summed E-state index contributed by atoms with van der Waals surface area (Å²) in [4.78, 5) is 12.9. The van der Waals surface area contributed by atoms with Gasteiger partial charge in [-0.15, -0.1) is 0 Å². The highest BCUT2D eigenvalue weighted by Gasteiger charge is 2.18. The summed E-state index contributed by atoms with van der Waals surface area (Å²) in [5.41, 5.74) is 3.24. The van der Waals surface area contributed by atoms with Crippen LogP contribution in [0.25, 0.3) is 6.08 Å². The zero-order valence-corrected chi connectivity index (χ0v) is 12.0. The second-order valence-electron chi connectivity index (χ2n) is 5.13. The molecule has 1 aliphatic rings. The summed E-state index contributed by atoms with van der Waals surface area (Å²) in [5, 5.41) is 8.67. The summed E-state index contributed by atoms with van der Waals surface area (Å²) in [7, 11) is 1.77. The molecular formula is C16H21NO3. The first-order chi connectivity index (χ1) is 9.60. The Hall–Kier alpha value is -1.81. The molecule has 0 radical (unpaired) electrons. The van der Waals surface area contributed by atoms with Crippen molar-refractivity contribution in [1.29, 1.82) is 0 Å². The lowest BCUT2D eigenvalue weighted by Crippen LogP contribution is -2.36. The van der Waals surface area contributed by atoms with Crippen LogP contribution in [0.3, 0.4) is 0 Å². The molecule has 0 spiro atoms. The van der Waals surface area contributed by atoms with Gasteiger partial charge in [0.2, 0.25) is 0 Å². The molecule has 1 N–H and O–H groups in total. The number of rotatable bonds is 4. The molecule has 2 rings (SSSR count). The summed E-state index contributed by atoms with van der Waals surface area (Å²) in [6, 6.07) is 6.16. The van der Waals surface area contributed by atoms with Gasteiger partial charge in [-0.1, -0.05) is 6.07 Å². The van der Waals surface area contributed by atoms with Crippen LogP contribution in [0.2, 0.25) is 0 Å². The first kappa shape index (κ1) is 14.6. The molecule has 1 heterocycles. The second-order valence-corrected chi connectivity index (χ2v) is 5.13. The van der Waals surface area contributed by atoms with E-state index in [4.69, 9.17) is 9.84 Å². The average molecular weight is 275 g/mol. The van der Waals surface area contributed by atoms with Crippen molar-refractivity contribution in [2.45, 2.75) is 25.9 Å². The predicted molar refractivity (Wildman–Crippen MR) is 80.1 cm³/mol. The fraction of sp³-hybridized carbons (Fsp3) is 0.438. The fourth-order valence-electron chi connectivity index (χ4n) is 2.55. The Morgan fingerprint density at radius 2 is 2.10 bits per heavy atom. The second kappa shape index (κ2) is 6.57. The maximum atomic E-state index is 10.6. The number of aliphatic carboxylic acids is 1. The maximum Gasteiger partial charge on any atom is 0.328 e. The Balaban J connectivity index is 2.07. The highest BCUT2D eigenvalue weighted by Crippen LogP contribution is 2.24. The number of hydrogen-bond donors (Lipinski definition) is 1. The number of anilines is 1. The van der Waals surface area contributed by atoms with Crippen molar-refractivity contribution >= 4 is 17.7 Å². The summed E-state index contributed by atoms with van der Waals surface area (Å²) >= 11 is 0. The van der Waals surface area contributed by atoms with E-state index < -0.39 is 5.97 Å². The Kier molecular flexibility index (Phi) is 4.79. The maximum absolute atomic E-state index is 10.6. The molecule has 0 amide bonds. The molecule has 1 fully saturated rings. The van der Waals surface area contributed by atoms with E-state index in [-0.39, 0.29) is 0 Å². The van der Waals surface area contributed by atoms with Gasteiger partial charge >= 0.3 is 5.97 Å². The number of nitrogens with zero attached hydrogens (tertiary/aromatic N) is 1. The van der Waals surface area contributed by atoms with Gasteiger partial charge in [0.1, 0.15) is 0 Å². The van der Waals surface area contributed by atoms with Gasteiger partial charge < -0.3 is 14.7 Å². The number of carbonyl (C=O) groups is 1. The smallest absolute Gasteiger partial charge is 0.328 e. The van der Waals surface area contributed by atoms with E-state index in [9.17, 15) is 4.79 Å². The van der Waals surface area contributed by atoms with Crippen molar-refractivity contribution in [3.05, 3.63) is 35.4 Å². The zero-order valence-electron chi connectivity index (χ0n) is 12.0. The Bertz CT molecular complexity index is 502. The average Bonchev–Trinajstić information content (AvgIpc) is 2.46. The van der Waals surface area contributed by atoms with Crippen LogP contribution in [-0.2, 0) is 9.53 Å². The van der Waals surface area contributed by atoms with Gasteiger partial charge in [-0.2, -0.15) is 0 Å². The van der Waals surface area contributed by atoms with Gasteiger partial charge in [-0.25, -0.2) is 4.79 Å². The lowest BCUT2D eigenvalue weighted by molar-refractivity contribution is -0.131. The first-order valence-corrected chi connectivity index (χ1v) is 6.89. The fourth-order valence-corrected chi connectivity index (χ4v) is 2.55. The van der Waals surface area contributed by atoms with Crippen molar-refractivity contribution in [2.24, 2.45) is 0 Å². The number of ether oxygens (including phenoxy) is 1. The van der Waals surface area contributed by atoms with E-state index in [0.29, 0.717) is 6.10 Å². The molecule has 0 saturated carbocycles. The van der Waals surface area contributed by atoms with Crippen LogP contribution in [-0.4, -0.2) is 37.4 Å². The standard InChI is InChI=1S/C16H21NO3/c1-12-11-14(5-3-13(12)4-6-16(18)19)17-9-7-15(20-2)8-10-17/h3-6,11,15H,7-10H2,1-2H3,(H,18,19). The normalized spacial score (nSPS) is 16.8. The molecule has 0 aromatic heterocycles. The summed E-state index contributed by atoms with van der Waals surface area (Å²) in [5.74, 6) is -0.921. The van der Waals surface area contributed by atoms with Crippen molar-refractivity contribution < 1.29 is 14.6 Å². The van der Waals surface area contributed by atoms with Gasteiger partial charge in [-0.3, -0.25) is 0 Å². The van der Waals surface area contributed by atoms with Crippen molar-refractivity contribution in [3.8, 4) is 0 Å². The van der Waals surface area contributed by atoms with Crippen LogP contribution in [0.15, 0.2) is 24.3 Å². The number of piperidine rings is 1. The summed E-state index contributed by atoms with van der Waals surface area (Å²) in [6.07, 6.45) is 5.29. The molecule has 0 aliphatic carbocycles. The molecule has 4 heteroatoms. The molecule has 0 bridgehead atoms. The van der Waals surface area contributed by atoms with E-state index in [2.05, 4.69) is 17.0 Å². The Morgan fingerprint density at radius 3 is 2.65 bits per heavy atom. The van der Waals surface area contributed by atoms with Crippen molar-refractivity contribution in [1.82, 2.24) is 0 Å². The van der Waals surface area contributed by atoms with Crippen molar-refractivity contribution in [3.63, 3.8) is 0 Å². The molecule has 1 aromatic carbocycles. The van der Waals surface area contributed by atoms with E-state index in [1.807, 2.05) is 13.0 Å². The van der Waals surface area contributed by atoms with E-state index in [1.54, 1.807) is 13.2 Å². The minimum Gasteiger partial charge on any atom is -0.478 e. The number of carboxylic acids is 1. The molecule has 1 saturated heterocycles. The van der Waals surface area contributed by atoms with Crippen LogP contribution in [0.5, 0.6) is 0 Å². The molecule has 108 valence electrons. The van der Waals surface area contributed by atoms with Crippen LogP contribution >= 0.6 is 0 Å².